The van der Waals surface area contributed by atoms with E-state index in [1.54, 1.807) is 11.8 Å². The molecular formula is C20H21N5OS4. The van der Waals surface area contributed by atoms with Crippen LogP contribution in [0.4, 0.5) is 16.5 Å². The van der Waals surface area contributed by atoms with Crippen LogP contribution in [0.25, 0.3) is 0 Å². The molecule has 0 aliphatic heterocycles. The smallest absolute Gasteiger partial charge is 0.236 e. The van der Waals surface area contributed by atoms with Gasteiger partial charge in [0.1, 0.15) is 0 Å². The minimum absolute atomic E-state index is 0.112. The molecule has 0 spiro atoms. The summed E-state index contributed by atoms with van der Waals surface area (Å²) in [6.07, 6.45) is 0. The molecule has 6 nitrogen and oxygen atoms in total. The van der Waals surface area contributed by atoms with Crippen molar-refractivity contribution in [1.82, 2.24) is 9.36 Å². The summed E-state index contributed by atoms with van der Waals surface area (Å²) in [6.45, 7) is 4.08. The van der Waals surface area contributed by atoms with E-state index in [-0.39, 0.29) is 11.7 Å². The second-order valence-electron chi connectivity index (χ2n) is 6.12. The standard InChI is InChI=1S/C20H21N5OS4/c1-3-28-20-24-19(30-25-20)23-17(26)12-29-16-6-4-5-15(11-16)22-18(27)21-14-9-7-13(2)8-10-14/h4-11H,3,12H2,1-2H3,(H2,21,22,27)(H,23,24,25,26). The van der Waals surface area contributed by atoms with E-state index in [2.05, 4.69) is 25.3 Å². The number of nitrogens with zero attached hydrogens (tertiary/aromatic N) is 2. The van der Waals surface area contributed by atoms with Crippen molar-refractivity contribution >= 4 is 74.8 Å². The van der Waals surface area contributed by atoms with Crippen LogP contribution in [0.1, 0.15) is 12.5 Å². The Balaban J connectivity index is 1.48. The van der Waals surface area contributed by atoms with E-state index >= 15 is 0 Å². The highest BCUT2D eigenvalue weighted by Gasteiger charge is 2.09. The quantitative estimate of drug-likeness (QED) is 0.291. The number of amides is 1. The van der Waals surface area contributed by atoms with Gasteiger partial charge in [-0.05, 0) is 55.2 Å². The number of benzene rings is 2. The normalized spacial score (nSPS) is 10.5. The number of hydrogen-bond acceptors (Lipinski definition) is 7. The summed E-state index contributed by atoms with van der Waals surface area (Å²) < 4.78 is 4.20. The van der Waals surface area contributed by atoms with Gasteiger partial charge in [0.25, 0.3) is 0 Å². The lowest BCUT2D eigenvalue weighted by Crippen LogP contribution is -2.19. The van der Waals surface area contributed by atoms with Gasteiger partial charge in [-0.25, -0.2) is 0 Å². The number of carbonyl (C=O) groups is 1. The largest absolute Gasteiger partial charge is 0.332 e. The van der Waals surface area contributed by atoms with Crippen LogP contribution in [-0.2, 0) is 4.79 Å². The fourth-order valence-corrected chi connectivity index (χ4v) is 4.62. The third-order valence-corrected chi connectivity index (χ3v) is 6.37. The first-order valence-corrected chi connectivity index (χ1v) is 12.3. The van der Waals surface area contributed by atoms with E-state index in [4.69, 9.17) is 12.2 Å². The van der Waals surface area contributed by atoms with Gasteiger partial charge in [-0.3, -0.25) is 10.1 Å². The maximum atomic E-state index is 12.2. The molecule has 0 unspecified atom stereocenters. The third-order valence-electron chi connectivity index (χ3n) is 3.70. The molecule has 0 atom stereocenters. The Kier molecular flexibility index (Phi) is 8.50. The first-order valence-electron chi connectivity index (χ1n) is 9.15. The number of nitrogens with one attached hydrogen (secondary N) is 3. The van der Waals surface area contributed by atoms with Crippen molar-refractivity contribution in [2.75, 3.05) is 27.5 Å². The van der Waals surface area contributed by atoms with Gasteiger partial charge in [0.2, 0.25) is 16.2 Å². The molecule has 1 amide bonds. The van der Waals surface area contributed by atoms with Crippen molar-refractivity contribution < 1.29 is 4.79 Å². The molecule has 156 valence electrons. The van der Waals surface area contributed by atoms with Crippen molar-refractivity contribution in [2.24, 2.45) is 0 Å². The second-order valence-corrected chi connectivity index (χ2v) is 9.56. The van der Waals surface area contributed by atoms with E-state index in [1.165, 1.54) is 28.9 Å². The van der Waals surface area contributed by atoms with Crippen LogP contribution < -0.4 is 16.0 Å². The maximum Gasteiger partial charge on any atom is 0.236 e. The predicted molar refractivity (Wildman–Crippen MR) is 133 cm³/mol. The van der Waals surface area contributed by atoms with Gasteiger partial charge in [-0.1, -0.05) is 42.4 Å². The van der Waals surface area contributed by atoms with Crippen LogP contribution in [0.2, 0.25) is 0 Å². The molecule has 0 fully saturated rings. The molecule has 3 rings (SSSR count). The highest BCUT2D eigenvalue weighted by molar-refractivity contribution is 8.00. The Morgan fingerprint density at radius 1 is 1.07 bits per heavy atom. The Hall–Kier alpha value is -2.14. The summed E-state index contributed by atoms with van der Waals surface area (Å²) in [6, 6.07) is 15.8. The van der Waals surface area contributed by atoms with E-state index < -0.39 is 0 Å². The first kappa shape index (κ1) is 22.5. The Bertz CT molecular complexity index is 1010. The van der Waals surface area contributed by atoms with E-state index in [0.29, 0.717) is 15.4 Å². The number of aromatic nitrogens is 2. The summed E-state index contributed by atoms with van der Waals surface area (Å²) in [7, 11) is 0. The second kappa shape index (κ2) is 11.3. The zero-order valence-corrected chi connectivity index (χ0v) is 19.7. The molecule has 0 saturated carbocycles. The van der Waals surface area contributed by atoms with E-state index in [0.717, 1.165) is 22.0 Å². The van der Waals surface area contributed by atoms with Gasteiger partial charge in [-0.15, -0.1) is 11.8 Å². The predicted octanol–water partition coefficient (Wildman–Crippen LogP) is 5.50. The van der Waals surface area contributed by atoms with Gasteiger partial charge >= 0.3 is 0 Å². The van der Waals surface area contributed by atoms with Crippen molar-refractivity contribution in [3.8, 4) is 0 Å². The summed E-state index contributed by atoms with van der Waals surface area (Å²) in [5.74, 6) is 1.07. The Morgan fingerprint density at radius 3 is 2.60 bits per heavy atom. The molecule has 0 aliphatic carbocycles. The first-order chi connectivity index (χ1) is 14.5. The number of hydrogen-bond donors (Lipinski definition) is 3. The number of anilines is 3. The minimum Gasteiger partial charge on any atom is -0.332 e. The minimum atomic E-state index is -0.112. The van der Waals surface area contributed by atoms with Crippen molar-refractivity contribution in [3.63, 3.8) is 0 Å². The van der Waals surface area contributed by atoms with Crippen LogP contribution in [0.15, 0.2) is 58.6 Å². The molecule has 30 heavy (non-hydrogen) atoms. The summed E-state index contributed by atoms with van der Waals surface area (Å²) in [5.41, 5.74) is 2.98. The van der Waals surface area contributed by atoms with Crippen molar-refractivity contribution in [3.05, 3.63) is 54.1 Å². The third kappa shape index (κ3) is 7.28. The van der Waals surface area contributed by atoms with Crippen LogP contribution in [0.5, 0.6) is 0 Å². The molecule has 1 heterocycles. The van der Waals surface area contributed by atoms with Gasteiger partial charge in [0, 0.05) is 27.8 Å². The highest BCUT2D eigenvalue weighted by Crippen LogP contribution is 2.23. The lowest BCUT2D eigenvalue weighted by molar-refractivity contribution is -0.113. The fourth-order valence-electron chi connectivity index (χ4n) is 2.35. The van der Waals surface area contributed by atoms with Crippen LogP contribution in [-0.4, -0.2) is 31.9 Å². The molecular weight excluding hydrogens is 455 g/mol. The zero-order chi connectivity index (χ0) is 21.3. The lowest BCUT2D eigenvalue weighted by Gasteiger charge is -2.11. The SMILES string of the molecule is CCSc1nsc(NC(=O)CSc2cccc(NC(=S)Nc3ccc(C)cc3)c2)n1. The molecule has 0 aliphatic rings. The van der Waals surface area contributed by atoms with Crippen LogP contribution in [0, 0.1) is 6.92 Å². The molecule has 2 aromatic carbocycles. The van der Waals surface area contributed by atoms with Gasteiger partial charge < -0.3 is 10.6 Å². The van der Waals surface area contributed by atoms with Crippen molar-refractivity contribution in [2.45, 2.75) is 23.9 Å². The summed E-state index contributed by atoms with van der Waals surface area (Å²) >= 11 is 9.58. The molecule has 3 N–H and O–H groups in total. The average Bonchev–Trinajstić information content (AvgIpc) is 3.15. The monoisotopic (exact) mass is 475 g/mol. The van der Waals surface area contributed by atoms with E-state index in [9.17, 15) is 4.79 Å². The summed E-state index contributed by atoms with van der Waals surface area (Å²) in [4.78, 5) is 17.4. The Morgan fingerprint density at radius 2 is 1.83 bits per heavy atom. The number of thioether (sulfide) groups is 2. The van der Waals surface area contributed by atoms with Gasteiger partial charge in [0.15, 0.2) is 5.11 Å². The number of aryl methyl sites for hydroxylation is 1. The highest BCUT2D eigenvalue weighted by atomic mass is 32.2. The number of carbonyl (C=O) groups excluding carboxylic acids is 1. The average molecular weight is 476 g/mol. The lowest BCUT2D eigenvalue weighted by atomic mass is 10.2. The fraction of sp³-hybridized carbons (Fsp3) is 0.200. The Labute approximate surface area is 193 Å². The van der Waals surface area contributed by atoms with Gasteiger partial charge in [-0.2, -0.15) is 9.36 Å². The number of thiocarbonyl (C=S) groups is 1. The topological polar surface area (TPSA) is 78.9 Å². The molecule has 1 aromatic heterocycles. The maximum absolute atomic E-state index is 12.2. The van der Waals surface area contributed by atoms with Crippen LogP contribution >= 0.6 is 47.3 Å². The number of rotatable bonds is 8. The van der Waals surface area contributed by atoms with E-state index in [1.807, 2.05) is 62.4 Å². The summed E-state index contributed by atoms with van der Waals surface area (Å²) in [5, 5.41) is 10.9. The van der Waals surface area contributed by atoms with Crippen LogP contribution in [0.3, 0.4) is 0 Å². The molecule has 0 radical (unpaired) electrons. The molecule has 0 bridgehead atoms. The zero-order valence-electron chi connectivity index (χ0n) is 16.5. The molecule has 3 aromatic rings. The molecule has 0 saturated heterocycles. The van der Waals surface area contributed by atoms with Crippen molar-refractivity contribution in [1.29, 1.82) is 0 Å². The van der Waals surface area contributed by atoms with Gasteiger partial charge in [0.05, 0.1) is 5.75 Å². The molecule has 10 heteroatoms.